The van der Waals surface area contributed by atoms with Gasteiger partial charge in [0.2, 0.25) is 5.84 Å². The first-order chi connectivity index (χ1) is 12.1. The van der Waals surface area contributed by atoms with Crippen LogP contribution in [0.5, 0.6) is 0 Å². The van der Waals surface area contributed by atoms with Crippen molar-refractivity contribution in [1.29, 1.82) is 0 Å². The van der Waals surface area contributed by atoms with E-state index in [4.69, 9.17) is 16.3 Å². The zero-order valence-electron chi connectivity index (χ0n) is 14.2. The smallest absolute Gasteiger partial charge is 0.376 e. The number of rotatable bonds is 3. The minimum atomic E-state index is -0.467. The maximum atomic E-state index is 12.5. The molecule has 1 aliphatic rings. The van der Waals surface area contributed by atoms with Gasteiger partial charge in [0.05, 0.1) is 17.3 Å². The van der Waals surface area contributed by atoms with Crippen LogP contribution in [0.4, 0.5) is 11.4 Å². The summed E-state index contributed by atoms with van der Waals surface area (Å²) < 4.78 is 5.21. The van der Waals surface area contributed by atoms with Gasteiger partial charge in [0.15, 0.2) is 0 Å². The van der Waals surface area contributed by atoms with Gasteiger partial charge in [-0.1, -0.05) is 41.9 Å². The molecule has 5 nitrogen and oxygen atoms in total. The molecule has 0 saturated carbocycles. The molecule has 1 N–H and O–H groups in total. The van der Waals surface area contributed by atoms with Crippen LogP contribution in [0.25, 0.3) is 0 Å². The standard InChI is InChI=1S/C19H20ClN3O2/c1-3-25-19(24)18(22-21-16-10-6-5-9-15(16)20)23-13(2)12-14-8-4-7-11-17(14)23/h4-11,13,21H,3,12H2,1-2H3/b22-18-/t13-/m1/s1. The van der Waals surface area contributed by atoms with Gasteiger partial charge in [-0.05, 0) is 44.0 Å². The van der Waals surface area contributed by atoms with Crippen molar-refractivity contribution in [3.63, 3.8) is 0 Å². The van der Waals surface area contributed by atoms with E-state index < -0.39 is 5.97 Å². The van der Waals surface area contributed by atoms with Crippen molar-refractivity contribution in [2.75, 3.05) is 16.9 Å². The second-order valence-corrected chi connectivity index (χ2v) is 6.21. The van der Waals surface area contributed by atoms with Gasteiger partial charge in [-0.25, -0.2) is 4.79 Å². The summed E-state index contributed by atoms with van der Waals surface area (Å²) in [6.45, 7) is 4.12. The molecule has 0 saturated heterocycles. The van der Waals surface area contributed by atoms with Crippen molar-refractivity contribution in [3.05, 3.63) is 59.1 Å². The molecule has 130 valence electrons. The Kier molecular flexibility index (Phi) is 5.24. The Labute approximate surface area is 152 Å². The van der Waals surface area contributed by atoms with Crippen LogP contribution >= 0.6 is 11.6 Å². The monoisotopic (exact) mass is 357 g/mol. The number of carbonyl (C=O) groups is 1. The number of amidine groups is 1. The minimum absolute atomic E-state index is 0.105. The Morgan fingerprint density at radius 2 is 2.00 bits per heavy atom. The Hall–Kier alpha value is -2.53. The molecule has 0 fully saturated rings. The van der Waals surface area contributed by atoms with Crippen LogP contribution in [-0.2, 0) is 16.0 Å². The number of carbonyl (C=O) groups excluding carboxylic acids is 1. The first-order valence-electron chi connectivity index (χ1n) is 8.24. The number of ether oxygens (including phenoxy) is 1. The fraction of sp³-hybridized carbons (Fsp3) is 0.263. The van der Waals surface area contributed by atoms with Crippen LogP contribution in [0.1, 0.15) is 19.4 Å². The molecule has 3 rings (SSSR count). The van der Waals surface area contributed by atoms with Crippen molar-refractivity contribution < 1.29 is 9.53 Å². The lowest BCUT2D eigenvalue weighted by Gasteiger charge is -2.25. The summed E-state index contributed by atoms with van der Waals surface area (Å²) in [5.41, 5.74) is 5.68. The van der Waals surface area contributed by atoms with Crippen molar-refractivity contribution >= 4 is 34.8 Å². The lowest BCUT2D eigenvalue weighted by atomic mass is 10.1. The van der Waals surface area contributed by atoms with Crippen LogP contribution in [0.3, 0.4) is 0 Å². The van der Waals surface area contributed by atoms with E-state index >= 15 is 0 Å². The molecule has 0 amide bonds. The number of nitrogens with one attached hydrogen (secondary N) is 1. The number of hydrogen-bond donors (Lipinski definition) is 1. The fourth-order valence-electron chi connectivity index (χ4n) is 2.95. The highest BCUT2D eigenvalue weighted by Crippen LogP contribution is 2.32. The van der Waals surface area contributed by atoms with Gasteiger partial charge in [0.25, 0.3) is 0 Å². The maximum absolute atomic E-state index is 12.5. The first-order valence-corrected chi connectivity index (χ1v) is 8.62. The highest BCUT2D eigenvalue weighted by molar-refractivity contribution is 6.41. The molecule has 2 aromatic rings. The van der Waals surface area contributed by atoms with E-state index in [1.54, 1.807) is 19.1 Å². The Morgan fingerprint density at radius 3 is 2.76 bits per heavy atom. The molecular formula is C19H20ClN3O2. The van der Waals surface area contributed by atoms with Crippen LogP contribution in [0.15, 0.2) is 53.6 Å². The van der Waals surface area contributed by atoms with Gasteiger partial charge < -0.3 is 9.64 Å². The summed E-state index contributed by atoms with van der Waals surface area (Å²) in [5.74, 6) is -0.246. The first kappa shape index (κ1) is 17.3. The van der Waals surface area contributed by atoms with E-state index in [1.165, 1.54) is 5.56 Å². The van der Waals surface area contributed by atoms with E-state index in [9.17, 15) is 4.79 Å². The highest BCUT2D eigenvalue weighted by Gasteiger charge is 2.33. The van der Waals surface area contributed by atoms with Crippen molar-refractivity contribution in [3.8, 4) is 0 Å². The predicted molar refractivity (Wildman–Crippen MR) is 101 cm³/mol. The van der Waals surface area contributed by atoms with Gasteiger partial charge in [-0.15, -0.1) is 5.10 Å². The van der Waals surface area contributed by atoms with Crippen molar-refractivity contribution in [2.24, 2.45) is 5.10 Å². The average Bonchev–Trinajstić information content (AvgIpc) is 2.93. The van der Waals surface area contributed by atoms with E-state index in [-0.39, 0.29) is 18.5 Å². The SMILES string of the molecule is CCOC(=O)/C(=N/Nc1ccccc1Cl)N1c2ccccc2C[C@H]1C. The number of benzene rings is 2. The molecule has 1 aliphatic heterocycles. The van der Waals surface area contributed by atoms with Crippen LogP contribution in [0, 0.1) is 0 Å². The third-order valence-electron chi connectivity index (χ3n) is 4.05. The fourth-order valence-corrected chi connectivity index (χ4v) is 3.12. The van der Waals surface area contributed by atoms with Crippen LogP contribution in [-0.4, -0.2) is 24.5 Å². The molecule has 25 heavy (non-hydrogen) atoms. The summed E-state index contributed by atoms with van der Waals surface area (Å²) in [6, 6.07) is 15.4. The van der Waals surface area contributed by atoms with E-state index in [0.717, 1.165) is 12.1 Å². The molecule has 1 atom stereocenters. The van der Waals surface area contributed by atoms with Gasteiger partial charge in [-0.2, -0.15) is 0 Å². The molecule has 1 heterocycles. The number of hydrazone groups is 1. The third-order valence-corrected chi connectivity index (χ3v) is 4.38. The third kappa shape index (κ3) is 3.61. The molecule has 6 heteroatoms. The zero-order valence-corrected chi connectivity index (χ0v) is 15.0. The molecule has 0 aliphatic carbocycles. The molecule has 0 radical (unpaired) electrons. The van der Waals surface area contributed by atoms with Gasteiger partial charge in [-0.3, -0.25) is 5.43 Å². The average molecular weight is 358 g/mol. The van der Waals surface area contributed by atoms with E-state index in [0.29, 0.717) is 10.7 Å². The number of anilines is 2. The summed E-state index contributed by atoms with van der Waals surface area (Å²) >= 11 is 6.16. The number of halogens is 1. The second-order valence-electron chi connectivity index (χ2n) is 5.80. The maximum Gasteiger partial charge on any atom is 0.376 e. The second kappa shape index (κ2) is 7.57. The van der Waals surface area contributed by atoms with Gasteiger partial charge in [0, 0.05) is 11.7 Å². The normalized spacial score (nSPS) is 16.5. The van der Waals surface area contributed by atoms with Crippen LogP contribution < -0.4 is 10.3 Å². The lowest BCUT2D eigenvalue weighted by molar-refractivity contribution is -0.135. The summed E-state index contributed by atoms with van der Waals surface area (Å²) in [7, 11) is 0. The van der Waals surface area contributed by atoms with E-state index in [2.05, 4.69) is 23.5 Å². The Balaban J connectivity index is 1.97. The quantitative estimate of drug-likeness (QED) is 0.389. The minimum Gasteiger partial charge on any atom is -0.460 e. The molecule has 0 unspecified atom stereocenters. The summed E-state index contributed by atoms with van der Waals surface area (Å²) in [5, 5.41) is 4.87. The molecule has 0 aromatic heterocycles. The molecule has 0 spiro atoms. The predicted octanol–water partition coefficient (Wildman–Crippen LogP) is 4.08. The van der Waals surface area contributed by atoms with Crippen molar-refractivity contribution in [1.82, 2.24) is 0 Å². The van der Waals surface area contributed by atoms with E-state index in [1.807, 2.05) is 35.2 Å². The largest absolute Gasteiger partial charge is 0.460 e. The topological polar surface area (TPSA) is 53.9 Å². The summed E-state index contributed by atoms with van der Waals surface area (Å²) in [4.78, 5) is 14.4. The highest BCUT2D eigenvalue weighted by atomic mass is 35.5. The Bertz CT molecular complexity index is 807. The molecule has 2 aromatic carbocycles. The van der Waals surface area contributed by atoms with Gasteiger partial charge >= 0.3 is 5.97 Å². The van der Waals surface area contributed by atoms with Crippen molar-refractivity contribution in [2.45, 2.75) is 26.3 Å². The van der Waals surface area contributed by atoms with Gasteiger partial charge in [0.1, 0.15) is 0 Å². The number of hydrogen-bond acceptors (Lipinski definition) is 4. The molecule has 0 bridgehead atoms. The zero-order chi connectivity index (χ0) is 17.8. The summed E-state index contributed by atoms with van der Waals surface area (Å²) in [6.07, 6.45) is 0.848. The molecular weight excluding hydrogens is 338 g/mol. The van der Waals surface area contributed by atoms with Crippen LogP contribution in [0.2, 0.25) is 5.02 Å². The number of para-hydroxylation sites is 2. The number of esters is 1. The lowest BCUT2D eigenvalue weighted by Crippen LogP contribution is -2.42. The Morgan fingerprint density at radius 1 is 1.28 bits per heavy atom. The number of nitrogens with zero attached hydrogens (tertiary/aromatic N) is 2. The number of fused-ring (bicyclic) bond motifs is 1.